The van der Waals surface area contributed by atoms with Crippen molar-refractivity contribution in [3.05, 3.63) is 29.8 Å². The van der Waals surface area contributed by atoms with E-state index in [2.05, 4.69) is 36.5 Å². The molecule has 0 amide bonds. The molecule has 0 aromatic heterocycles. The van der Waals surface area contributed by atoms with Gasteiger partial charge in [-0.05, 0) is 42.7 Å². The number of benzene rings is 1. The van der Waals surface area contributed by atoms with Crippen LogP contribution < -0.4 is 5.32 Å². The molecule has 1 aromatic carbocycles. The number of fused-ring (bicyclic) bond motifs is 2. The number of para-hydroxylation sites is 1. The molecule has 1 aromatic rings. The van der Waals surface area contributed by atoms with E-state index >= 15 is 0 Å². The van der Waals surface area contributed by atoms with Crippen LogP contribution in [0.15, 0.2) is 24.3 Å². The summed E-state index contributed by atoms with van der Waals surface area (Å²) in [7, 11) is 0. The maximum Gasteiger partial charge on any atom is 0.0375 e. The molecule has 0 saturated heterocycles. The zero-order chi connectivity index (χ0) is 10.3. The third kappa shape index (κ3) is 1.54. The van der Waals surface area contributed by atoms with Crippen molar-refractivity contribution in [2.45, 2.75) is 38.6 Å². The summed E-state index contributed by atoms with van der Waals surface area (Å²) in [6, 6.07) is 9.53. The fourth-order valence-corrected chi connectivity index (χ4v) is 3.32. The first-order valence-electron chi connectivity index (χ1n) is 6.19. The van der Waals surface area contributed by atoms with Gasteiger partial charge < -0.3 is 5.32 Å². The van der Waals surface area contributed by atoms with Crippen molar-refractivity contribution in [3.8, 4) is 0 Å². The summed E-state index contributed by atoms with van der Waals surface area (Å²) in [5.41, 5.74) is 2.90. The Bertz CT molecular complexity index is 358. The summed E-state index contributed by atoms with van der Waals surface area (Å²) in [6.07, 6.45) is 5.52. The van der Waals surface area contributed by atoms with Crippen LogP contribution >= 0.6 is 0 Å². The second-order valence-electron chi connectivity index (χ2n) is 5.20. The minimum Gasteiger partial charge on any atom is -0.382 e. The van der Waals surface area contributed by atoms with E-state index in [4.69, 9.17) is 0 Å². The van der Waals surface area contributed by atoms with Gasteiger partial charge in [0, 0.05) is 11.7 Å². The van der Waals surface area contributed by atoms with Gasteiger partial charge in [-0.1, -0.05) is 31.5 Å². The highest BCUT2D eigenvalue weighted by Gasteiger charge is 2.34. The van der Waals surface area contributed by atoms with Crippen LogP contribution in [-0.4, -0.2) is 6.04 Å². The van der Waals surface area contributed by atoms with Crippen LogP contribution in [0.5, 0.6) is 0 Å². The molecule has 0 spiro atoms. The Hall–Kier alpha value is -0.980. The van der Waals surface area contributed by atoms with Crippen molar-refractivity contribution in [2.24, 2.45) is 11.8 Å². The average molecular weight is 201 g/mol. The van der Waals surface area contributed by atoms with Gasteiger partial charge in [0.15, 0.2) is 0 Å². The maximum absolute atomic E-state index is 3.75. The van der Waals surface area contributed by atoms with Crippen molar-refractivity contribution in [1.29, 1.82) is 0 Å². The van der Waals surface area contributed by atoms with Crippen LogP contribution in [0.3, 0.4) is 0 Å². The summed E-state index contributed by atoms with van der Waals surface area (Å²) in [4.78, 5) is 0. The number of hydrogen-bond donors (Lipinski definition) is 1. The van der Waals surface area contributed by atoms with Crippen LogP contribution in [-0.2, 0) is 6.42 Å². The van der Waals surface area contributed by atoms with Crippen molar-refractivity contribution < 1.29 is 0 Å². The lowest BCUT2D eigenvalue weighted by molar-refractivity contribution is 0.243. The maximum atomic E-state index is 3.75. The molecule has 1 N–H and O–H groups in total. The van der Waals surface area contributed by atoms with Gasteiger partial charge in [-0.25, -0.2) is 0 Å². The van der Waals surface area contributed by atoms with Crippen molar-refractivity contribution >= 4 is 5.69 Å². The molecule has 1 fully saturated rings. The van der Waals surface area contributed by atoms with E-state index in [1.54, 1.807) is 0 Å². The van der Waals surface area contributed by atoms with Crippen LogP contribution in [0.25, 0.3) is 0 Å². The molecular weight excluding hydrogens is 182 g/mol. The third-order valence-corrected chi connectivity index (χ3v) is 4.18. The molecule has 80 valence electrons. The van der Waals surface area contributed by atoms with E-state index in [9.17, 15) is 0 Å². The highest BCUT2D eigenvalue weighted by molar-refractivity contribution is 5.54. The molecule has 1 heterocycles. The van der Waals surface area contributed by atoms with Crippen LogP contribution in [0.1, 0.15) is 31.7 Å². The van der Waals surface area contributed by atoms with Gasteiger partial charge in [-0.3, -0.25) is 0 Å². The molecule has 0 bridgehead atoms. The molecule has 15 heavy (non-hydrogen) atoms. The highest BCUT2D eigenvalue weighted by atomic mass is 15.0. The predicted molar refractivity (Wildman–Crippen MR) is 64.1 cm³/mol. The van der Waals surface area contributed by atoms with Gasteiger partial charge in [-0.15, -0.1) is 0 Å². The Morgan fingerprint density at radius 2 is 2.07 bits per heavy atom. The highest BCUT2D eigenvalue weighted by Crippen LogP contribution is 2.38. The average Bonchev–Trinajstić information content (AvgIpc) is 2.27. The molecule has 0 unspecified atom stereocenters. The number of hydrogen-bond acceptors (Lipinski definition) is 1. The van der Waals surface area contributed by atoms with Crippen molar-refractivity contribution in [3.63, 3.8) is 0 Å². The molecule has 2 aliphatic rings. The Morgan fingerprint density at radius 1 is 1.20 bits per heavy atom. The van der Waals surface area contributed by atoms with Gasteiger partial charge in [0.1, 0.15) is 0 Å². The lowest BCUT2D eigenvalue weighted by atomic mass is 9.73. The molecule has 3 rings (SSSR count). The Morgan fingerprint density at radius 3 is 3.00 bits per heavy atom. The number of anilines is 1. The van der Waals surface area contributed by atoms with E-state index in [1.165, 1.54) is 36.9 Å². The monoisotopic (exact) mass is 201 g/mol. The van der Waals surface area contributed by atoms with Crippen LogP contribution in [0.4, 0.5) is 5.69 Å². The Balaban J connectivity index is 1.92. The summed E-state index contributed by atoms with van der Waals surface area (Å²) in [5, 5.41) is 3.75. The van der Waals surface area contributed by atoms with Gasteiger partial charge in [0.2, 0.25) is 0 Å². The number of nitrogens with one attached hydrogen (secondary N) is 1. The smallest absolute Gasteiger partial charge is 0.0375 e. The molecule has 1 aliphatic carbocycles. The zero-order valence-electron chi connectivity index (χ0n) is 9.37. The largest absolute Gasteiger partial charge is 0.382 e. The Labute approximate surface area is 91.9 Å². The molecule has 1 aliphatic heterocycles. The first kappa shape index (κ1) is 9.26. The summed E-state index contributed by atoms with van der Waals surface area (Å²) < 4.78 is 0. The van der Waals surface area contributed by atoms with Crippen LogP contribution in [0, 0.1) is 11.8 Å². The SMILES string of the molecule is C[C@H]1CCC[C@@H]2Cc3ccccc3N[C@H]21. The van der Waals surface area contributed by atoms with E-state index in [1.807, 2.05) is 0 Å². The fraction of sp³-hybridized carbons (Fsp3) is 0.571. The quantitative estimate of drug-likeness (QED) is 0.678. The fourth-order valence-electron chi connectivity index (χ4n) is 3.32. The topological polar surface area (TPSA) is 12.0 Å². The summed E-state index contributed by atoms with van der Waals surface area (Å²) >= 11 is 0. The zero-order valence-corrected chi connectivity index (χ0v) is 9.37. The minimum absolute atomic E-state index is 0.730. The summed E-state index contributed by atoms with van der Waals surface area (Å²) in [5.74, 6) is 1.72. The second kappa shape index (κ2) is 3.55. The van der Waals surface area contributed by atoms with E-state index in [0.717, 1.165) is 17.9 Å². The minimum atomic E-state index is 0.730. The third-order valence-electron chi connectivity index (χ3n) is 4.18. The first-order chi connectivity index (χ1) is 7.34. The van der Waals surface area contributed by atoms with E-state index < -0.39 is 0 Å². The normalized spacial score (nSPS) is 33.8. The molecule has 0 radical (unpaired) electrons. The van der Waals surface area contributed by atoms with Crippen molar-refractivity contribution in [1.82, 2.24) is 0 Å². The van der Waals surface area contributed by atoms with Gasteiger partial charge >= 0.3 is 0 Å². The molecule has 1 nitrogen and oxygen atoms in total. The van der Waals surface area contributed by atoms with E-state index in [0.29, 0.717) is 0 Å². The van der Waals surface area contributed by atoms with Gasteiger partial charge in [-0.2, -0.15) is 0 Å². The molecule has 1 heteroatoms. The van der Waals surface area contributed by atoms with Crippen LogP contribution in [0.2, 0.25) is 0 Å². The Kier molecular flexibility index (Phi) is 2.19. The predicted octanol–water partition coefficient (Wildman–Crippen LogP) is 3.46. The molecule has 3 atom stereocenters. The van der Waals surface area contributed by atoms with Gasteiger partial charge in [0.25, 0.3) is 0 Å². The van der Waals surface area contributed by atoms with E-state index in [-0.39, 0.29) is 0 Å². The summed E-state index contributed by atoms with van der Waals surface area (Å²) in [6.45, 7) is 2.40. The first-order valence-corrected chi connectivity index (χ1v) is 6.19. The standard InChI is InChI=1S/C14H19N/c1-10-5-4-7-12-9-11-6-2-3-8-13(11)15-14(10)12/h2-3,6,8,10,12,14-15H,4-5,7,9H2,1H3/t10-,12+,14-/m0/s1. The molecular formula is C14H19N. The molecule has 1 saturated carbocycles. The lowest BCUT2D eigenvalue weighted by Gasteiger charge is -2.41. The second-order valence-corrected chi connectivity index (χ2v) is 5.20. The van der Waals surface area contributed by atoms with Gasteiger partial charge in [0.05, 0.1) is 0 Å². The lowest BCUT2D eigenvalue weighted by Crippen LogP contribution is -2.42. The van der Waals surface area contributed by atoms with Crippen molar-refractivity contribution in [2.75, 3.05) is 5.32 Å². The number of rotatable bonds is 0.